The molecule has 0 unspecified atom stereocenters. The van der Waals surface area contributed by atoms with E-state index in [1.54, 1.807) is 13.8 Å². The van der Waals surface area contributed by atoms with E-state index in [1.807, 2.05) is 0 Å². The third kappa shape index (κ3) is 4.40. The van der Waals surface area contributed by atoms with Gasteiger partial charge >= 0.3 is 0 Å². The number of hydrogen-bond donors (Lipinski definition) is 2. The van der Waals surface area contributed by atoms with Gasteiger partial charge in [0.1, 0.15) is 11.6 Å². The zero-order valence-corrected chi connectivity index (χ0v) is 11.1. The first kappa shape index (κ1) is 14.1. The van der Waals surface area contributed by atoms with Crippen LogP contribution < -0.4 is 11.1 Å². The second-order valence-corrected chi connectivity index (χ2v) is 5.31. The number of amides is 1. The lowest BCUT2D eigenvalue weighted by atomic mass is 10.0. The molecule has 0 fully saturated rings. The minimum absolute atomic E-state index is 0.00662. The van der Waals surface area contributed by atoms with Crippen molar-refractivity contribution >= 4 is 27.5 Å². The number of rotatable bonds is 3. The number of carbonyl (C=O) groups excluding carboxylic acids is 1. The molecule has 0 bridgehead atoms. The maximum Gasteiger partial charge on any atom is 0.226 e. The minimum atomic E-state index is -0.707. The minimum Gasteiger partial charge on any atom is -0.325 e. The number of benzene rings is 1. The maximum absolute atomic E-state index is 13.4. The van der Waals surface area contributed by atoms with Crippen LogP contribution in [0.3, 0.4) is 0 Å². The summed E-state index contributed by atoms with van der Waals surface area (Å²) in [6.07, 6.45) is 0.0180. The van der Waals surface area contributed by atoms with E-state index >= 15 is 0 Å². The van der Waals surface area contributed by atoms with Crippen molar-refractivity contribution in [3.8, 4) is 0 Å². The molecule has 0 aliphatic heterocycles. The first-order valence-electron chi connectivity index (χ1n) is 4.92. The van der Waals surface area contributed by atoms with Crippen molar-refractivity contribution in [1.29, 1.82) is 0 Å². The average molecular weight is 307 g/mol. The van der Waals surface area contributed by atoms with Gasteiger partial charge in [0.25, 0.3) is 0 Å². The summed E-state index contributed by atoms with van der Waals surface area (Å²) in [7, 11) is 0. The smallest absolute Gasteiger partial charge is 0.226 e. The summed E-state index contributed by atoms with van der Waals surface area (Å²) in [5, 5.41) is 2.28. The van der Waals surface area contributed by atoms with Crippen molar-refractivity contribution in [2.75, 3.05) is 5.32 Å². The Hall–Kier alpha value is -1.01. The van der Waals surface area contributed by atoms with E-state index in [2.05, 4.69) is 21.2 Å². The molecule has 1 aromatic rings. The lowest BCUT2D eigenvalue weighted by molar-refractivity contribution is -0.117. The predicted molar refractivity (Wildman–Crippen MR) is 65.6 cm³/mol. The van der Waals surface area contributed by atoms with Crippen LogP contribution in [-0.2, 0) is 4.79 Å². The molecule has 0 heterocycles. The Bertz CT molecular complexity index is 444. The summed E-state index contributed by atoms with van der Waals surface area (Å²) in [4.78, 5) is 11.5. The molecule has 0 aliphatic rings. The largest absolute Gasteiger partial charge is 0.325 e. The SMILES string of the molecule is CC(C)(N)CC(=O)Nc1cc(F)c(Br)cc1F. The number of nitrogens with two attached hydrogens (primary N) is 1. The Labute approximate surface area is 107 Å². The van der Waals surface area contributed by atoms with Crippen LogP contribution in [-0.4, -0.2) is 11.4 Å². The zero-order valence-electron chi connectivity index (χ0n) is 9.48. The van der Waals surface area contributed by atoms with Gasteiger partial charge in [-0.15, -0.1) is 0 Å². The fraction of sp³-hybridized carbons (Fsp3) is 0.364. The van der Waals surface area contributed by atoms with Crippen molar-refractivity contribution in [2.24, 2.45) is 5.73 Å². The van der Waals surface area contributed by atoms with E-state index in [1.165, 1.54) is 0 Å². The summed E-state index contributed by atoms with van der Waals surface area (Å²) in [5.41, 5.74) is 4.75. The van der Waals surface area contributed by atoms with Crippen molar-refractivity contribution < 1.29 is 13.6 Å². The Kier molecular flexibility index (Phi) is 4.21. The van der Waals surface area contributed by atoms with Crippen LogP contribution in [0.1, 0.15) is 20.3 Å². The van der Waals surface area contributed by atoms with Crippen molar-refractivity contribution in [1.82, 2.24) is 0 Å². The molecule has 0 radical (unpaired) electrons. The highest BCUT2D eigenvalue weighted by Gasteiger charge is 2.18. The van der Waals surface area contributed by atoms with Gasteiger partial charge in [-0.1, -0.05) is 0 Å². The number of halogens is 3. The second kappa shape index (κ2) is 5.10. The molecule has 0 aliphatic carbocycles. The Balaban J connectivity index is 2.82. The fourth-order valence-electron chi connectivity index (χ4n) is 1.23. The van der Waals surface area contributed by atoms with Gasteiger partial charge in [0.05, 0.1) is 10.2 Å². The lowest BCUT2D eigenvalue weighted by Crippen LogP contribution is -2.36. The summed E-state index contributed by atoms with van der Waals surface area (Å²) in [6, 6.07) is 1.87. The first-order chi connectivity index (χ1) is 7.69. The molecule has 0 saturated heterocycles. The van der Waals surface area contributed by atoms with Crippen molar-refractivity contribution in [3.05, 3.63) is 28.2 Å². The molecule has 0 aromatic heterocycles. The van der Waals surface area contributed by atoms with E-state index in [9.17, 15) is 13.6 Å². The summed E-state index contributed by atoms with van der Waals surface area (Å²) in [5.74, 6) is -1.81. The van der Waals surface area contributed by atoms with Crippen LogP contribution in [0.2, 0.25) is 0 Å². The van der Waals surface area contributed by atoms with E-state index in [0.717, 1.165) is 12.1 Å². The third-order valence-electron chi connectivity index (χ3n) is 1.90. The Morgan fingerprint density at radius 1 is 1.41 bits per heavy atom. The van der Waals surface area contributed by atoms with Gasteiger partial charge in [-0.3, -0.25) is 4.79 Å². The van der Waals surface area contributed by atoms with Crippen LogP contribution in [0.5, 0.6) is 0 Å². The number of nitrogens with one attached hydrogen (secondary N) is 1. The molecule has 1 rings (SSSR count). The monoisotopic (exact) mass is 306 g/mol. The molecule has 0 spiro atoms. The molecule has 17 heavy (non-hydrogen) atoms. The highest BCUT2D eigenvalue weighted by Crippen LogP contribution is 2.23. The zero-order chi connectivity index (χ0) is 13.2. The van der Waals surface area contributed by atoms with E-state index < -0.39 is 23.1 Å². The summed E-state index contributed by atoms with van der Waals surface area (Å²) >= 11 is 2.85. The molecule has 3 nitrogen and oxygen atoms in total. The molecule has 3 N–H and O–H groups in total. The van der Waals surface area contributed by atoms with Crippen LogP contribution in [0.4, 0.5) is 14.5 Å². The Morgan fingerprint density at radius 2 is 2.00 bits per heavy atom. The lowest BCUT2D eigenvalue weighted by Gasteiger charge is -2.17. The molecule has 0 atom stereocenters. The number of hydrogen-bond acceptors (Lipinski definition) is 2. The van der Waals surface area contributed by atoms with Gasteiger partial charge in [0.15, 0.2) is 0 Å². The normalized spacial score (nSPS) is 11.4. The van der Waals surface area contributed by atoms with E-state index in [-0.39, 0.29) is 16.6 Å². The van der Waals surface area contributed by atoms with Crippen molar-refractivity contribution in [3.63, 3.8) is 0 Å². The highest BCUT2D eigenvalue weighted by molar-refractivity contribution is 9.10. The fourth-order valence-corrected chi connectivity index (χ4v) is 1.54. The molecular weight excluding hydrogens is 294 g/mol. The van der Waals surface area contributed by atoms with Gasteiger partial charge in [0, 0.05) is 18.0 Å². The maximum atomic E-state index is 13.4. The molecule has 1 aromatic carbocycles. The molecule has 1 amide bonds. The molecule has 6 heteroatoms. The number of carbonyl (C=O) groups is 1. The predicted octanol–water partition coefficient (Wildman–Crippen LogP) is 2.79. The van der Waals surface area contributed by atoms with Crippen LogP contribution in [0.25, 0.3) is 0 Å². The summed E-state index contributed by atoms with van der Waals surface area (Å²) < 4.78 is 26.5. The first-order valence-corrected chi connectivity index (χ1v) is 5.71. The quantitative estimate of drug-likeness (QED) is 0.844. The van der Waals surface area contributed by atoms with Gasteiger partial charge in [-0.25, -0.2) is 8.78 Å². The van der Waals surface area contributed by atoms with Crippen LogP contribution >= 0.6 is 15.9 Å². The topological polar surface area (TPSA) is 55.1 Å². The standard InChI is InChI=1S/C11H13BrF2N2O/c1-11(2,15)5-10(17)16-9-4-7(13)6(12)3-8(9)14/h3-4H,5,15H2,1-2H3,(H,16,17). The van der Waals surface area contributed by atoms with Crippen LogP contribution in [0, 0.1) is 11.6 Å². The molecular formula is C11H13BrF2N2O. The Morgan fingerprint density at radius 3 is 2.53 bits per heavy atom. The second-order valence-electron chi connectivity index (χ2n) is 4.46. The molecule has 94 valence electrons. The number of anilines is 1. The van der Waals surface area contributed by atoms with Gasteiger partial charge in [0.2, 0.25) is 5.91 Å². The van der Waals surface area contributed by atoms with Gasteiger partial charge < -0.3 is 11.1 Å². The van der Waals surface area contributed by atoms with Crippen molar-refractivity contribution in [2.45, 2.75) is 25.8 Å². The van der Waals surface area contributed by atoms with E-state index in [0.29, 0.717) is 0 Å². The molecule has 0 saturated carbocycles. The average Bonchev–Trinajstić information content (AvgIpc) is 2.11. The van der Waals surface area contributed by atoms with Gasteiger partial charge in [-0.2, -0.15) is 0 Å². The van der Waals surface area contributed by atoms with E-state index in [4.69, 9.17) is 5.73 Å². The highest BCUT2D eigenvalue weighted by atomic mass is 79.9. The van der Waals surface area contributed by atoms with Gasteiger partial charge in [-0.05, 0) is 35.8 Å². The van der Waals surface area contributed by atoms with Crippen LogP contribution in [0.15, 0.2) is 16.6 Å². The third-order valence-corrected chi connectivity index (χ3v) is 2.51. The summed E-state index contributed by atoms with van der Waals surface area (Å²) in [6.45, 7) is 3.34.